The van der Waals surface area contributed by atoms with Crippen LogP contribution in [0.25, 0.3) is 0 Å². The van der Waals surface area contributed by atoms with Gasteiger partial charge in [-0.05, 0) is 31.0 Å². The molecule has 1 aromatic carbocycles. The molecule has 0 aromatic heterocycles. The number of aliphatic hydroxyl groups excluding tert-OH is 1. The molecule has 0 bridgehead atoms. The lowest BCUT2D eigenvalue weighted by molar-refractivity contribution is 0.0741. The molecule has 2 rings (SSSR count). The Kier molecular flexibility index (Phi) is 5.79. The molecule has 1 N–H and O–H groups in total. The summed E-state index contributed by atoms with van der Waals surface area (Å²) in [6.07, 6.45) is 1.32. The molecular formula is C17H21NO3. The number of aryl methyl sites for hydroxylation is 1. The molecule has 0 radical (unpaired) electrons. The van der Waals surface area contributed by atoms with Gasteiger partial charge in [-0.25, -0.2) is 0 Å². The lowest BCUT2D eigenvalue weighted by atomic mass is 10.0. The van der Waals surface area contributed by atoms with Crippen molar-refractivity contribution in [2.75, 3.05) is 32.9 Å². The normalized spacial score (nSPS) is 15.0. The molecule has 0 unspecified atom stereocenters. The molecule has 4 nitrogen and oxygen atoms in total. The van der Waals surface area contributed by atoms with Gasteiger partial charge in [0.2, 0.25) is 0 Å². The van der Waals surface area contributed by atoms with Gasteiger partial charge in [0.05, 0.1) is 13.2 Å². The average Bonchev–Trinajstić information content (AvgIpc) is 2.78. The van der Waals surface area contributed by atoms with E-state index < -0.39 is 0 Å². The minimum absolute atomic E-state index is 0.0331. The van der Waals surface area contributed by atoms with Crippen LogP contribution in [0.1, 0.15) is 34.3 Å². The van der Waals surface area contributed by atoms with Crippen molar-refractivity contribution in [1.29, 1.82) is 0 Å². The highest BCUT2D eigenvalue weighted by Crippen LogP contribution is 2.13. The molecule has 21 heavy (non-hydrogen) atoms. The minimum atomic E-state index is 0.0331. The fourth-order valence-corrected chi connectivity index (χ4v) is 2.24. The fourth-order valence-electron chi connectivity index (χ4n) is 2.24. The van der Waals surface area contributed by atoms with E-state index in [1.807, 2.05) is 30.0 Å². The Hall–Kier alpha value is -1.83. The predicted octanol–water partition coefficient (Wildman–Crippen LogP) is 1.59. The molecule has 1 aliphatic heterocycles. The van der Waals surface area contributed by atoms with Crippen molar-refractivity contribution in [2.45, 2.75) is 19.8 Å². The number of aliphatic hydroxyl groups is 1. The molecule has 1 fully saturated rings. The van der Waals surface area contributed by atoms with Crippen molar-refractivity contribution in [1.82, 2.24) is 4.90 Å². The number of benzene rings is 1. The number of nitrogens with zero attached hydrogens (tertiary/aromatic N) is 1. The number of hydrogen-bond donors (Lipinski definition) is 1. The zero-order valence-corrected chi connectivity index (χ0v) is 12.4. The number of rotatable bonds is 2. The second kappa shape index (κ2) is 7.82. The Morgan fingerprint density at radius 1 is 1.38 bits per heavy atom. The number of amides is 1. The van der Waals surface area contributed by atoms with Crippen LogP contribution < -0.4 is 0 Å². The first-order valence-corrected chi connectivity index (χ1v) is 7.30. The smallest absolute Gasteiger partial charge is 0.253 e. The van der Waals surface area contributed by atoms with E-state index in [9.17, 15) is 4.79 Å². The summed E-state index contributed by atoms with van der Waals surface area (Å²) in [5.74, 6) is 5.95. The van der Waals surface area contributed by atoms with Crippen molar-refractivity contribution in [3.8, 4) is 11.8 Å². The van der Waals surface area contributed by atoms with E-state index in [1.54, 1.807) is 0 Å². The number of carbonyl (C=O) groups excluding carboxylic acids is 1. The highest BCUT2D eigenvalue weighted by Gasteiger charge is 2.17. The summed E-state index contributed by atoms with van der Waals surface area (Å²) in [6, 6.07) is 5.61. The second-order valence-corrected chi connectivity index (χ2v) is 5.06. The SMILES string of the molecule is Cc1ccc(C(=O)N2CCCOCC2)cc1C#CCCO. The minimum Gasteiger partial charge on any atom is -0.395 e. The van der Waals surface area contributed by atoms with Crippen LogP contribution in [0, 0.1) is 18.8 Å². The van der Waals surface area contributed by atoms with Crippen molar-refractivity contribution < 1.29 is 14.6 Å². The zero-order chi connectivity index (χ0) is 15.1. The lowest BCUT2D eigenvalue weighted by Gasteiger charge is -2.19. The van der Waals surface area contributed by atoms with Crippen LogP contribution in [-0.4, -0.2) is 48.8 Å². The molecule has 0 spiro atoms. The third-order valence-electron chi connectivity index (χ3n) is 3.45. The Bertz CT molecular complexity index is 549. The van der Waals surface area contributed by atoms with Gasteiger partial charge < -0.3 is 14.7 Å². The second-order valence-electron chi connectivity index (χ2n) is 5.06. The van der Waals surface area contributed by atoms with E-state index in [2.05, 4.69) is 11.8 Å². The molecular weight excluding hydrogens is 266 g/mol. The van der Waals surface area contributed by atoms with Crippen LogP contribution in [0.4, 0.5) is 0 Å². The van der Waals surface area contributed by atoms with Gasteiger partial charge in [0, 0.05) is 37.2 Å². The van der Waals surface area contributed by atoms with Crippen LogP contribution in [-0.2, 0) is 4.74 Å². The van der Waals surface area contributed by atoms with E-state index in [1.165, 1.54) is 0 Å². The summed E-state index contributed by atoms with van der Waals surface area (Å²) >= 11 is 0. The van der Waals surface area contributed by atoms with Gasteiger partial charge in [0.15, 0.2) is 0 Å². The van der Waals surface area contributed by atoms with Gasteiger partial charge in [0.25, 0.3) is 5.91 Å². The zero-order valence-electron chi connectivity index (χ0n) is 12.4. The van der Waals surface area contributed by atoms with E-state index in [-0.39, 0.29) is 12.5 Å². The molecule has 0 saturated carbocycles. The van der Waals surface area contributed by atoms with E-state index >= 15 is 0 Å². The Labute approximate surface area is 125 Å². The molecule has 0 aliphatic carbocycles. The van der Waals surface area contributed by atoms with Crippen molar-refractivity contribution in [3.05, 3.63) is 34.9 Å². The van der Waals surface area contributed by atoms with E-state index in [0.717, 1.165) is 30.7 Å². The van der Waals surface area contributed by atoms with Crippen LogP contribution >= 0.6 is 0 Å². The molecule has 112 valence electrons. The molecule has 1 amide bonds. The fraction of sp³-hybridized carbons (Fsp3) is 0.471. The maximum atomic E-state index is 12.5. The molecule has 1 aliphatic rings. The van der Waals surface area contributed by atoms with Crippen LogP contribution in [0.3, 0.4) is 0 Å². The van der Waals surface area contributed by atoms with Gasteiger partial charge in [-0.1, -0.05) is 17.9 Å². The first-order chi connectivity index (χ1) is 10.2. The molecule has 1 saturated heterocycles. The van der Waals surface area contributed by atoms with Crippen LogP contribution in [0.15, 0.2) is 18.2 Å². The number of carbonyl (C=O) groups is 1. The third kappa shape index (κ3) is 4.32. The first kappa shape index (κ1) is 15.6. The summed E-state index contributed by atoms with van der Waals surface area (Å²) in [6.45, 7) is 4.71. The van der Waals surface area contributed by atoms with Crippen LogP contribution in [0.2, 0.25) is 0 Å². The Morgan fingerprint density at radius 3 is 3.05 bits per heavy atom. The van der Waals surface area contributed by atoms with E-state index in [0.29, 0.717) is 25.1 Å². The summed E-state index contributed by atoms with van der Waals surface area (Å²) in [5.41, 5.74) is 2.55. The quantitative estimate of drug-likeness (QED) is 0.840. The summed E-state index contributed by atoms with van der Waals surface area (Å²) < 4.78 is 5.38. The summed E-state index contributed by atoms with van der Waals surface area (Å²) in [4.78, 5) is 14.4. The molecule has 1 aromatic rings. The maximum Gasteiger partial charge on any atom is 0.253 e. The number of hydrogen-bond acceptors (Lipinski definition) is 3. The van der Waals surface area contributed by atoms with Gasteiger partial charge >= 0.3 is 0 Å². The lowest BCUT2D eigenvalue weighted by Crippen LogP contribution is -2.33. The van der Waals surface area contributed by atoms with Gasteiger partial charge in [-0.15, -0.1) is 0 Å². The van der Waals surface area contributed by atoms with Crippen LogP contribution in [0.5, 0.6) is 0 Å². The third-order valence-corrected chi connectivity index (χ3v) is 3.45. The monoisotopic (exact) mass is 287 g/mol. The Morgan fingerprint density at radius 2 is 2.24 bits per heavy atom. The first-order valence-electron chi connectivity index (χ1n) is 7.30. The van der Waals surface area contributed by atoms with Crippen molar-refractivity contribution in [2.24, 2.45) is 0 Å². The van der Waals surface area contributed by atoms with E-state index in [4.69, 9.17) is 9.84 Å². The van der Waals surface area contributed by atoms with Gasteiger partial charge in [-0.2, -0.15) is 0 Å². The maximum absolute atomic E-state index is 12.5. The predicted molar refractivity (Wildman–Crippen MR) is 81.1 cm³/mol. The highest BCUT2D eigenvalue weighted by molar-refractivity contribution is 5.94. The summed E-state index contributed by atoms with van der Waals surface area (Å²) in [7, 11) is 0. The topological polar surface area (TPSA) is 49.8 Å². The summed E-state index contributed by atoms with van der Waals surface area (Å²) in [5, 5.41) is 8.78. The molecule has 4 heteroatoms. The largest absolute Gasteiger partial charge is 0.395 e. The Balaban J connectivity index is 2.17. The van der Waals surface area contributed by atoms with Crippen molar-refractivity contribution in [3.63, 3.8) is 0 Å². The van der Waals surface area contributed by atoms with Gasteiger partial charge in [-0.3, -0.25) is 4.79 Å². The van der Waals surface area contributed by atoms with Crippen molar-refractivity contribution >= 4 is 5.91 Å². The highest BCUT2D eigenvalue weighted by atomic mass is 16.5. The molecule has 0 atom stereocenters. The number of ether oxygens (including phenoxy) is 1. The van der Waals surface area contributed by atoms with Gasteiger partial charge in [0.1, 0.15) is 0 Å². The standard InChI is InChI=1S/C17H21NO3/c1-14-6-7-16(13-15(14)5-2-3-10-19)17(20)18-8-4-11-21-12-9-18/h6-7,13,19H,3-4,8-12H2,1H3. The molecule has 1 heterocycles. The average molecular weight is 287 g/mol.